The van der Waals surface area contributed by atoms with Gasteiger partial charge in [-0.2, -0.15) is 0 Å². The van der Waals surface area contributed by atoms with Crippen LogP contribution in [0.1, 0.15) is 28.1 Å². The third kappa shape index (κ3) is 4.74. The molecule has 184 valence electrons. The second-order valence-corrected chi connectivity index (χ2v) is 8.68. The quantitative estimate of drug-likeness (QED) is 0.234. The van der Waals surface area contributed by atoms with Crippen molar-refractivity contribution in [3.63, 3.8) is 0 Å². The predicted molar refractivity (Wildman–Crippen MR) is 135 cm³/mol. The minimum Gasteiger partial charge on any atom is -0.325 e. The maximum atomic E-state index is 12.9. The van der Waals surface area contributed by atoms with E-state index >= 15 is 0 Å². The van der Waals surface area contributed by atoms with Crippen molar-refractivity contribution >= 4 is 35.3 Å². The van der Waals surface area contributed by atoms with E-state index in [-0.39, 0.29) is 11.4 Å². The van der Waals surface area contributed by atoms with Gasteiger partial charge in [-0.05, 0) is 63.6 Å². The van der Waals surface area contributed by atoms with Crippen LogP contribution in [-0.2, 0) is 9.59 Å². The van der Waals surface area contributed by atoms with Gasteiger partial charge in [-0.25, -0.2) is 9.69 Å². The van der Waals surface area contributed by atoms with Crippen LogP contribution in [0, 0.1) is 37.8 Å². The Hall–Kier alpha value is -4.73. The minimum absolute atomic E-state index is 0.0118. The van der Waals surface area contributed by atoms with Gasteiger partial charge in [0.1, 0.15) is 12.2 Å². The van der Waals surface area contributed by atoms with Gasteiger partial charge in [0.25, 0.3) is 11.6 Å². The zero-order valence-corrected chi connectivity index (χ0v) is 20.3. The molecular formula is C26H25N5O5. The van der Waals surface area contributed by atoms with Crippen molar-refractivity contribution in [3.8, 4) is 5.69 Å². The van der Waals surface area contributed by atoms with Gasteiger partial charge >= 0.3 is 6.03 Å². The highest BCUT2D eigenvalue weighted by molar-refractivity contribution is 6.16. The first-order chi connectivity index (χ1) is 17.0. The Balaban J connectivity index is 1.55. The second-order valence-electron chi connectivity index (χ2n) is 8.68. The Morgan fingerprint density at radius 3 is 2.42 bits per heavy atom. The summed E-state index contributed by atoms with van der Waals surface area (Å²) in [5.74, 6) is -1.11. The molecular weight excluding hydrogens is 462 g/mol. The molecule has 1 fully saturated rings. The number of hydrogen-bond acceptors (Lipinski definition) is 5. The van der Waals surface area contributed by atoms with Gasteiger partial charge in [-0.15, -0.1) is 0 Å². The highest BCUT2D eigenvalue weighted by Gasteiger charge is 2.35. The molecule has 3 aromatic rings. The van der Waals surface area contributed by atoms with Gasteiger partial charge in [-0.3, -0.25) is 19.7 Å². The summed E-state index contributed by atoms with van der Waals surface area (Å²) in [5, 5.41) is 16.6. The summed E-state index contributed by atoms with van der Waals surface area (Å²) >= 11 is 0. The summed E-state index contributed by atoms with van der Waals surface area (Å²) in [6.45, 7) is 6.83. The molecule has 0 saturated carbocycles. The van der Waals surface area contributed by atoms with Crippen molar-refractivity contribution in [2.75, 3.05) is 11.9 Å². The zero-order chi connectivity index (χ0) is 26.1. The fourth-order valence-corrected chi connectivity index (χ4v) is 4.12. The molecule has 0 bridgehead atoms. The number of benzene rings is 2. The zero-order valence-electron chi connectivity index (χ0n) is 20.3. The van der Waals surface area contributed by atoms with Crippen LogP contribution < -0.4 is 10.6 Å². The van der Waals surface area contributed by atoms with E-state index < -0.39 is 29.3 Å². The van der Waals surface area contributed by atoms with Crippen LogP contribution in [-0.4, -0.2) is 38.8 Å². The van der Waals surface area contributed by atoms with E-state index in [2.05, 4.69) is 10.6 Å². The first-order valence-electron chi connectivity index (χ1n) is 11.2. The Morgan fingerprint density at radius 1 is 1.06 bits per heavy atom. The number of urea groups is 1. The van der Waals surface area contributed by atoms with Crippen molar-refractivity contribution in [2.24, 2.45) is 0 Å². The molecule has 1 aromatic heterocycles. The number of nitrogens with zero attached hydrogens (tertiary/aromatic N) is 3. The third-order valence-corrected chi connectivity index (χ3v) is 6.02. The van der Waals surface area contributed by atoms with Crippen molar-refractivity contribution in [1.29, 1.82) is 0 Å². The number of aryl methyl sites for hydroxylation is 3. The first-order valence-corrected chi connectivity index (χ1v) is 11.2. The topological polar surface area (TPSA) is 127 Å². The Labute approximate surface area is 207 Å². The maximum absolute atomic E-state index is 12.9. The molecule has 1 saturated heterocycles. The number of aromatic nitrogens is 1. The molecule has 0 radical (unpaired) electrons. The van der Waals surface area contributed by atoms with Gasteiger partial charge in [0.15, 0.2) is 0 Å². The number of carbonyl (C=O) groups is 3. The summed E-state index contributed by atoms with van der Waals surface area (Å²) < 4.78 is 1.84. The van der Waals surface area contributed by atoms with Crippen LogP contribution in [0.2, 0.25) is 0 Å². The SMILES string of the molecule is Cc1ccc(NC(=O)CN2C(=O)N/C(=C/c3cc(C)n(-c4ccc(C)c([N+](=O)[O-])c4)c3C)C2=O)cc1. The number of nitro benzene ring substituents is 1. The van der Waals surface area contributed by atoms with Gasteiger partial charge in [0, 0.05) is 28.7 Å². The molecule has 36 heavy (non-hydrogen) atoms. The number of nitrogens with one attached hydrogen (secondary N) is 2. The van der Waals surface area contributed by atoms with E-state index in [1.54, 1.807) is 37.3 Å². The van der Waals surface area contributed by atoms with Crippen LogP contribution in [0.15, 0.2) is 54.2 Å². The second kappa shape index (κ2) is 9.49. The van der Waals surface area contributed by atoms with Crippen LogP contribution >= 0.6 is 0 Å². The Bertz CT molecular complexity index is 1440. The Morgan fingerprint density at radius 2 is 1.75 bits per heavy atom. The Kier molecular flexibility index (Phi) is 6.43. The predicted octanol–water partition coefficient (Wildman–Crippen LogP) is 4.15. The fourth-order valence-electron chi connectivity index (χ4n) is 4.12. The van der Waals surface area contributed by atoms with E-state index in [0.717, 1.165) is 21.9 Å². The van der Waals surface area contributed by atoms with Crippen LogP contribution in [0.4, 0.5) is 16.2 Å². The lowest BCUT2D eigenvalue weighted by Crippen LogP contribution is -2.38. The third-order valence-electron chi connectivity index (χ3n) is 6.02. The van der Waals surface area contributed by atoms with Crippen molar-refractivity contribution in [3.05, 3.63) is 92.4 Å². The van der Waals surface area contributed by atoms with Gasteiger partial charge in [-0.1, -0.05) is 23.8 Å². The minimum atomic E-state index is -0.687. The molecule has 2 heterocycles. The molecule has 0 aliphatic carbocycles. The van der Waals surface area contributed by atoms with Crippen molar-refractivity contribution < 1.29 is 19.3 Å². The number of rotatable bonds is 6. The molecule has 2 aromatic carbocycles. The summed E-state index contributed by atoms with van der Waals surface area (Å²) in [4.78, 5) is 49.5. The lowest BCUT2D eigenvalue weighted by molar-refractivity contribution is -0.385. The van der Waals surface area contributed by atoms with Crippen LogP contribution in [0.25, 0.3) is 11.8 Å². The van der Waals surface area contributed by atoms with Gasteiger partial charge in [0.2, 0.25) is 5.91 Å². The van der Waals surface area contributed by atoms with E-state index in [4.69, 9.17) is 0 Å². The summed E-state index contributed by atoms with van der Waals surface area (Å²) in [6.07, 6.45) is 1.54. The fraction of sp³-hybridized carbons (Fsp3) is 0.192. The lowest BCUT2D eigenvalue weighted by atomic mass is 10.1. The normalized spacial score (nSPS) is 14.3. The van der Waals surface area contributed by atoms with Crippen molar-refractivity contribution in [1.82, 2.24) is 14.8 Å². The lowest BCUT2D eigenvalue weighted by Gasteiger charge is -2.12. The van der Waals surface area contributed by atoms with E-state index in [9.17, 15) is 24.5 Å². The number of carbonyl (C=O) groups excluding carboxylic acids is 3. The van der Waals surface area contributed by atoms with Crippen LogP contribution in [0.3, 0.4) is 0 Å². The summed E-state index contributed by atoms with van der Waals surface area (Å²) in [5.41, 5.74) is 5.01. The summed E-state index contributed by atoms with van der Waals surface area (Å²) in [6, 6.07) is 13.3. The molecule has 1 aliphatic rings. The molecule has 1 aliphatic heterocycles. The molecule has 10 nitrogen and oxygen atoms in total. The molecule has 10 heteroatoms. The average molecular weight is 488 g/mol. The van der Waals surface area contributed by atoms with Crippen LogP contribution in [0.5, 0.6) is 0 Å². The number of hydrogen-bond donors (Lipinski definition) is 2. The average Bonchev–Trinajstić information content (AvgIpc) is 3.24. The molecule has 4 amide bonds. The van der Waals surface area contributed by atoms with Gasteiger partial charge < -0.3 is 15.2 Å². The van der Waals surface area contributed by atoms with E-state index in [1.807, 2.05) is 43.5 Å². The molecule has 2 N–H and O–H groups in total. The van der Waals surface area contributed by atoms with Crippen molar-refractivity contribution in [2.45, 2.75) is 27.7 Å². The summed E-state index contributed by atoms with van der Waals surface area (Å²) in [7, 11) is 0. The highest BCUT2D eigenvalue weighted by atomic mass is 16.6. The smallest absolute Gasteiger partial charge is 0.325 e. The van der Waals surface area contributed by atoms with Gasteiger partial charge in [0.05, 0.1) is 10.6 Å². The van der Waals surface area contributed by atoms with E-state index in [1.165, 1.54) is 6.07 Å². The maximum Gasteiger partial charge on any atom is 0.329 e. The monoisotopic (exact) mass is 487 g/mol. The highest BCUT2D eigenvalue weighted by Crippen LogP contribution is 2.27. The number of nitro groups is 1. The number of amides is 4. The number of anilines is 1. The molecule has 4 rings (SSSR count). The molecule has 0 unspecified atom stereocenters. The van der Waals surface area contributed by atoms with E-state index in [0.29, 0.717) is 22.5 Å². The molecule has 0 atom stereocenters. The standard InChI is InChI=1S/C26H25N5O5/c1-15-5-8-20(9-6-15)27-24(32)14-29-25(33)22(28-26(29)34)12-19-11-17(3)30(18(19)4)21-10-7-16(2)23(13-21)31(35)36/h5-13H,14H2,1-4H3,(H,27,32)(H,28,34)/b22-12+. The first kappa shape index (κ1) is 24.4. The molecule has 0 spiro atoms. The number of imide groups is 1. The largest absolute Gasteiger partial charge is 0.329 e.